The Morgan fingerprint density at radius 2 is 1.67 bits per heavy atom. The highest BCUT2D eigenvalue weighted by molar-refractivity contribution is 5.63. The molecule has 0 saturated carbocycles. The van der Waals surface area contributed by atoms with Gasteiger partial charge in [-0.2, -0.15) is 0 Å². The molecule has 0 fully saturated rings. The number of aromatic nitrogens is 2. The largest absolute Gasteiger partial charge is 0.373 e. The van der Waals surface area contributed by atoms with Crippen molar-refractivity contribution in [3.8, 4) is 0 Å². The van der Waals surface area contributed by atoms with E-state index in [9.17, 15) is 0 Å². The maximum atomic E-state index is 4.66. The molecule has 4 nitrogen and oxygen atoms in total. The number of nitrogens with zero attached hydrogens (tertiary/aromatic N) is 2. The van der Waals surface area contributed by atoms with Crippen molar-refractivity contribution < 1.29 is 0 Å². The molecular formula is C17H24N4. The molecule has 0 atom stereocenters. The van der Waals surface area contributed by atoms with Crippen LogP contribution in [0.3, 0.4) is 0 Å². The van der Waals surface area contributed by atoms with Crippen LogP contribution >= 0.6 is 0 Å². The topological polar surface area (TPSA) is 49.8 Å². The van der Waals surface area contributed by atoms with E-state index in [0.29, 0.717) is 0 Å². The SMILES string of the molecule is CNc1cc(Nc2cccc(C)c2C)nc(C(C)(C)C)n1. The molecule has 0 aliphatic heterocycles. The van der Waals surface area contributed by atoms with Crippen LogP contribution in [0.1, 0.15) is 37.7 Å². The van der Waals surface area contributed by atoms with Crippen LogP contribution in [0, 0.1) is 13.8 Å². The Labute approximate surface area is 127 Å². The second kappa shape index (κ2) is 5.72. The van der Waals surface area contributed by atoms with Crippen LogP contribution < -0.4 is 10.6 Å². The van der Waals surface area contributed by atoms with Crippen LogP contribution in [0.2, 0.25) is 0 Å². The minimum absolute atomic E-state index is 0.0923. The fourth-order valence-corrected chi connectivity index (χ4v) is 2.00. The molecule has 21 heavy (non-hydrogen) atoms. The van der Waals surface area contributed by atoms with Crippen molar-refractivity contribution in [1.82, 2.24) is 9.97 Å². The summed E-state index contributed by atoms with van der Waals surface area (Å²) in [5.74, 6) is 2.46. The number of aryl methyl sites for hydroxylation is 1. The summed E-state index contributed by atoms with van der Waals surface area (Å²) in [5, 5.41) is 6.51. The first-order chi connectivity index (χ1) is 9.81. The van der Waals surface area contributed by atoms with Gasteiger partial charge in [-0.05, 0) is 31.0 Å². The second-order valence-electron chi connectivity index (χ2n) is 6.33. The number of benzene rings is 1. The summed E-state index contributed by atoms with van der Waals surface area (Å²) >= 11 is 0. The van der Waals surface area contributed by atoms with Gasteiger partial charge in [0.05, 0.1) is 0 Å². The summed E-state index contributed by atoms with van der Waals surface area (Å²) in [4.78, 5) is 9.20. The molecule has 0 aliphatic carbocycles. The average Bonchev–Trinajstić information content (AvgIpc) is 2.42. The molecule has 2 rings (SSSR count). The molecule has 4 heteroatoms. The Balaban J connectivity index is 2.42. The lowest BCUT2D eigenvalue weighted by Gasteiger charge is -2.19. The van der Waals surface area contributed by atoms with Crippen LogP contribution in [0.15, 0.2) is 24.3 Å². The molecule has 2 N–H and O–H groups in total. The first-order valence-corrected chi connectivity index (χ1v) is 7.22. The fraction of sp³-hybridized carbons (Fsp3) is 0.412. The highest BCUT2D eigenvalue weighted by Gasteiger charge is 2.19. The van der Waals surface area contributed by atoms with E-state index in [1.165, 1.54) is 11.1 Å². The van der Waals surface area contributed by atoms with E-state index >= 15 is 0 Å². The van der Waals surface area contributed by atoms with Crippen molar-refractivity contribution in [1.29, 1.82) is 0 Å². The third-order valence-corrected chi connectivity index (χ3v) is 3.52. The molecule has 0 unspecified atom stereocenters. The highest BCUT2D eigenvalue weighted by Crippen LogP contribution is 2.26. The molecule has 0 radical (unpaired) electrons. The Morgan fingerprint density at radius 1 is 1.00 bits per heavy atom. The summed E-state index contributed by atoms with van der Waals surface area (Å²) in [6.07, 6.45) is 0. The Morgan fingerprint density at radius 3 is 2.29 bits per heavy atom. The summed E-state index contributed by atoms with van der Waals surface area (Å²) in [5.41, 5.74) is 3.49. The van der Waals surface area contributed by atoms with Crippen LogP contribution in [0.4, 0.5) is 17.3 Å². The van der Waals surface area contributed by atoms with Gasteiger partial charge in [-0.15, -0.1) is 0 Å². The zero-order valence-electron chi connectivity index (χ0n) is 13.7. The summed E-state index contributed by atoms with van der Waals surface area (Å²) in [6, 6.07) is 8.16. The van der Waals surface area contributed by atoms with E-state index in [4.69, 9.17) is 0 Å². The monoisotopic (exact) mass is 284 g/mol. The smallest absolute Gasteiger partial charge is 0.138 e. The summed E-state index contributed by atoms with van der Waals surface area (Å²) in [7, 11) is 1.87. The molecule has 0 aliphatic rings. The summed E-state index contributed by atoms with van der Waals surface area (Å²) < 4.78 is 0. The number of nitrogens with one attached hydrogen (secondary N) is 2. The minimum Gasteiger partial charge on any atom is -0.373 e. The zero-order chi connectivity index (χ0) is 15.6. The summed E-state index contributed by atoms with van der Waals surface area (Å²) in [6.45, 7) is 10.6. The number of anilines is 3. The number of hydrogen-bond acceptors (Lipinski definition) is 4. The predicted octanol–water partition coefficient (Wildman–Crippen LogP) is 4.18. The van der Waals surface area contributed by atoms with Gasteiger partial charge < -0.3 is 10.6 Å². The van der Waals surface area contributed by atoms with Crippen molar-refractivity contribution in [3.63, 3.8) is 0 Å². The zero-order valence-corrected chi connectivity index (χ0v) is 13.7. The van der Waals surface area contributed by atoms with E-state index in [1.807, 2.05) is 13.1 Å². The molecule has 0 saturated heterocycles. The van der Waals surface area contributed by atoms with E-state index in [1.54, 1.807) is 0 Å². The van der Waals surface area contributed by atoms with Crippen molar-refractivity contribution in [2.45, 2.75) is 40.0 Å². The lowest BCUT2D eigenvalue weighted by molar-refractivity contribution is 0.547. The molecule has 0 amide bonds. The van der Waals surface area contributed by atoms with Gasteiger partial charge in [0.15, 0.2) is 0 Å². The van der Waals surface area contributed by atoms with Gasteiger partial charge in [-0.25, -0.2) is 9.97 Å². The van der Waals surface area contributed by atoms with Crippen molar-refractivity contribution in [2.75, 3.05) is 17.7 Å². The maximum Gasteiger partial charge on any atom is 0.138 e. The van der Waals surface area contributed by atoms with Gasteiger partial charge in [-0.1, -0.05) is 32.9 Å². The van der Waals surface area contributed by atoms with Gasteiger partial charge in [-0.3, -0.25) is 0 Å². The molecule has 1 aromatic carbocycles. The third kappa shape index (κ3) is 3.51. The van der Waals surface area contributed by atoms with E-state index in [2.05, 4.69) is 73.4 Å². The van der Waals surface area contributed by atoms with Gasteiger partial charge in [0.1, 0.15) is 17.5 Å². The molecule has 0 spiro atoms. The second-order valence-corrected chi connectivity index (χ2v) is 6.33. The number of hydrogen-bond donors (Lipinski definition) is 2. The quantitative estimate of drug-likeness (QED) is 0.888. The lowest BCUT2D eigenvalue weighted by Crippen LogP contribution is -2.17. The molecule has 112 valence electrons. The van der Waals surface area contributed by atoms with Crippen LogP contribution in [0.5, 0.6) is 0 Å². The van der Waals surface area contributed by atoms with Gasteiger partial charge >= 0.3 is 0 Å². The van der Waals surface area contributed by atoms with Gasteiger partial charge in [0, 0.05) is 24.2 Å². The predicted molar refractivity (Wildman–Crippen MR) is 89.5 cm³/mol. The van der Waals surface area contributed by atoms with E-state index in [-0.39, 0.29) is 5.41 Å². The first-order valence-electron chi connectivity index (χ1n) is 7.22. The number of rotatable bonds is 3. The Bertz CT molecular complexity index is 642. The molecule has 1 aromatic heterocycles. The molecule has 2 aromatic rings. The minimum atomic E-state index is -0.0923. The standard InChI is InChI=1S/C17H24N4/c1-11-8-7-9-13(12(11)2)19-15-10-14(18-6)20-16(21-15)17(3,4)5/h7-10H,1-6H3,(H2,18,19,20,21). The normalized spacial score (nSPS) is 11.3. The Hall–Kier alpha value is -2.10. The van der Waals surface area contributed by atoms with Gasteiger partial charge in [0.2, 0.25) is 0 Å². The Kier molecular flexibility index (Phi) is 4.16. The van der Waals surface area contributed by atoms with Crippen LogP contribution in [-0.2, 0) is 5.41 Å². The van der Waals surface area contributed by atoms with Crippen LogP contribution in [-0.4, -0.2) is 17.0 Å². The third-order valence-electron chi connectivity index (χ3n) is 3.52. The molecule has 1 heterocycles. The first kappa shape index (κ1) is 15.3. The molecular weight excluding hydrogens is 260 g/mol. The maximum absolute atomic E-state index is 4.66. The van der Waals surface area contributed by atoms with Crippen molar-refractivity contribution in [2.24, 2.45) is 0 Å². The van der Waals surface area contributed by atoms with E-state index in [0.717, 1.165) is 23.1 Å². The van der Waals surface area contributed by atoms with Crippen molar-refractivity contribution >= 4 is 17.3 Å². The average molecular weight is 284 g/mol. The van der Waals surface area contributed by atoms with Crippen molar-refractivity contribution in [3.05, 3.63) is 41.2 Å². The van der Waals surface area contributed by atoms with E-state index < -0.39 is 0 Å². The van der Waals surface area contributed by atoms with Crippen LogP contribution in [0.25, 0.3) is 0 Å². The molecule has 0 bridgehead atoms. The lowest BCUT2D eigenvalue weighted by atomic mass is 9.96. The van der Waals surface area contributed by atoms with Gasteiger partial charge in [0.25, 0.3) is 0 Å². The fourth-order valence-electron chi connectivity index (χ4n) is 2.00. The highest BCUT2D eigenvalue weighted by atomic mass is 15.1.